The number of unbranched alkanes of at least 4 members (excludes halogenated alkanes) is 11. The van der Waals surface area contributed by atoms with Gasteiger partial charge in [0.25, 0.3) is 0 Å². The first-order valence-electron chi connectivity index (χ1n) is 10.9. The lowest BCUT2D eigenvalue weighted by Crippen LogP contribution is -2.34. The van der Waals surface area contributed by atoms with Crippen molar-refractivity contribution in [1.29, 1.82) is 0 Å². The Kier molecular flexibility index (Phi) is 17.0. The summed E-state index contributed by atoms with van der Waals surface area (Å²) in [6.07, 6.45) is 20.9. The van der Waals surface area contributed by atoms with Crippen LogP contribution in [0, 0.1) is 0 Å². The maximum absolute atomic E-state index is 11.7. The third-order valence-corrected chi connectivity index (χ3v) is 6.09. The molecule has 0 aliphatic carbocycles. The number of rotatable bonds is 18. The highest BCUT2D eigenvalue weighted by Gasteiger charge is 2.28. The van der Waals surface area contributed by atoms with Crippen LogP contribution in [-0.2, 0) is 9.36 Å². The number of amides is 1. The van der Waals surface area contributed by atoms with Crippen molar-refractivity contribution in [1.82, 2.24) is 5.32 Å². The van der Waals surface area contributed by atoms with Gasteiger partial charge in [0.15, 0.2) is 0 Å². The zero-order valence-corrected chi connectivity index (χ0v) is 18.4. The first kappa shape index (κ1) is 26.4. The fraction of sp³-hybridized carbons (Fsp3) is 0.857. The Morgan fingerprint density at radius 1 is 0.852 bits per heavy atom. The van der Waals surface area contributed by atoms with E-state index in [9.17, 15) is 9.36 Å². The third-order valence-electron chi connectivity index (χ3n) is 4.79. The van der Waals surface area contributed by atoms with Gasteiger partial charge in [-0.2, -0.15) is 0 Å². The van der Waals surface area contributed by atoms with E-state index in [4.69, 9.17) is 9.79 Å². The summed E-state index contributed by atoms with van der Waals surface area (Å²) in [6, 6.07) is 0. The number of carbonyl (C=O) groups excluding carboxylic acids is 1. The molecule has 0 spiro atoms. The van der Waals surface area contributed by atoms with Crippen LogP contribution in [0.2, 0.25) is 0 Å². The Balaban J connectivity index is 3.45. The van der Waals surface area contributed by atoms with Gasteiger partial charge in [-0.15, -0.1) is 0 Å². The fourth-order valence-electron chi connectivity index (χ4n) is 3.04. The van der Waals surface area contributed by atoms with Crippen LogP contribution in [0.1, 0.15) is 110 Å². The highest BCUT2D eigenvalue weighted by atomic mass is 31.2. The van der Waals surface area contributed by atoms with Crippen LogP contribution in [0.3, 0.4) is 0 Å². The Hall–Kier alpha value is -0.640. The van der Waals surface area contributed by atoms with E-state index in [0.29, 0.717) is 6.42 Å². The molecule has 5 nitrogen and oxygen atoms in total. The minimum Gasteiger partial charge on any atom is -0.342 e. The van der Waals surface area contributed by atoms with Gasteiger partial charge >= 0.3 is 7.60 Å². The van der Waals surface area contributed by atoms with E-state index in [1.807, 2.05) is 0 Å². The molecule has 6 heteroatoms. The topological polar surface area (TPSA) is 86.6 Å². The summed E-state index contributed by atoms with van der Waals surface area (Å²) in [5.74, 6) is -1.31. The molecule has 0 aliphatic heterocycles. The van der Waals surface area contributed by atoms with Gasteiger partial charge in [-0.3, -0.25) is 9.36 Å². The largest absolute Gasteiger partial charge is 0.347 e. The quantitative estimate of drug-likeness (QED) is 0.148. The SMILES string of the molecule is CCCCCCCC/C=C\CCCCCCCC(=O)NC(CC)P(=O)(O)O. The van der Waals surface area contributed by atoms with Crippen molar-refractivity contribution in [3.8, 4) is 0 Å². The summed E-state index contributed by atoms with van der Waals surface area (Å²) in [4.78, 5) is 30.0. The van der Waals surface area contributed by atoms with Crippen molar-refractivity contribution in [3.05, 3.63) is 12.2 Å². The van der Waals surface area contributed by atoms with Crippen molar-refractivity contribution in [2.45, 2.75) is 116 Å². The molecule has 0 aromatic heterocycles. The van der Waals surface area contributed by atoms with Crippen molar-refractivity contribution < 1.29 is 19.1 Å². The van der Waals surface area contributed by atoms with Crippen LogP contribution in [0.15, 0.2) is 12.2 Å². The van der Waals surface area contributed by atoms with Gasteiger partial charge in [0, 0.05) is 6.42 Å². The number of carbonyl (C=O) groups is 1. The highest BCUT2D eigenvalue weighted by Crippen LogP contribution is 2.41. The van der Waals surface area contributed by atoms with E-state index >= 15 is 0 Å². The van der Waals surface area contributed by atoms with Crippen LogP contribution >= 0.6 is 7.60 Å². The van der Waals surface area contributed by atoms with Gasteiger partial charge in [0.2, 0.25) is 5.91 Å². The summed E-state index contributed by atoms with van der Waals surface area (Å²) >= 11 is 0. The van der Waals surface area contributed by atoms with Gasteiger partial charge in [-0.1, -0.05) is 77.4 Å². The maximum atomic E-state index is 11.7. The smallest absolute Gasteiger partial charge is 0.342 e. The molecule has 1 atom stereocenters. The molecule has 0 fully saturated rings. The van der Waals surface area contributed by atoms with Crippen LogP contribution in [0.4, 0.5) is 0 Å². The summed E-state index contributed by atoms with van der Waals surface area (Å²) in [5, 5.41) is 2.45. The zero-order chi connectivity index (χ0) is 20.4. The van der Waals surface area contributed by atoms with Gasteiger partial charge in [0.05, 0.1) is 0 Å². The summed E-state index contributed by atoms with van der Waals surface area (Å²) in [5.41, 5.74) is 0. The maximum Gasteiger partial charge on any atom is 0.347 e. The number of hydrogen-bond acceptors (Lipinski definition) is 2. The van der Waals surface area contributed by atoms with E-state index in [1.165, 1.54) is 57.8 Å². The lowest BCUT2D eigenvalue weighted by Gasteiger charge is -2.18. The lowest BCUT2D eigenvalue weighted by atomic mass is 10.1. The van der Waals surface area contributed by atoms with E-state index < -0.39 is 13.4 Å². The van der Waals surface area contributed by atoms with Crippen molar-refractivity contribution >= 4 is 13.5 Å². The monoisotopic (exact) mass is 403 g/mol. The second-order valence-corrected chi connectivity index (χ2v) is 9.22. The average molecular weight is 404 g/mol. The molecule has 0 aliphatic rings. The van der Waals surface area contributed by atoms with Gasteiger partial charge < -0.3 is 15.1 Å². The molecule has 0 rings (SSSR count). The van der Waals surface area contributed by atoms with Gasteiger partial charge in [-0.25, -0.2) is 0 Å². The second-order valence-electron chi connectivity index (χ2n) is 7.41. The number of nitrogens with one attached hydrogen (secondary N) is 1. The molecule has 0 radical (unpaired) electrons. The van der Waals surface area contributed by atoms with E-state index in [2.05, 4.69) is 24.4 Å². The molecule has 0 aromatic carbocycles. The van der Waals surface area contributed by atoms with Crippen molar-refractivity contribution in [3.63, 3.8) is 0 Å². The zero-order valence-electron chi connectivity index (χ0n) is 17.5. The second kappa shape index (κ2) is 17.5. The van der Waals surface area contributed by atoms with Crippen LogP contribution in [0.25, 0.3) is 0 Å². The Bertz CT molecular complexity index is 434. The van der Waals surface area contributed by atoms with Crippen LogP contribution in [0.5, 0.6) is 0 Å². The molecule has 0 saturated heterocycles. The molecule has 27 heavy (non-hydrogen) atoms. The Morgan fingerprint density at radius 2 is 1.33 bits per heavy atom. The molecule has 3 N–H and O–H groups in total. The molecule has 0 saturated carbocycles. The molecule has 0 aromatic rings. The number of allylic oxidation sites excluding steroid dienone is 2. The average Bonchev–Trinajstić information content (AvgIpc) is 2.62. The lowest BCUT2D eigenvalue weighted by molar-refractivity contribution is -0.121. The summed E-state index contributed by atoms with van der Waals surface area (Å²) in [7, 11) is -4.24. The van der Waals surface area contributed by atoms with Gasteiger partial charge in [0.1, 0.15) is 5.78 Å². The predicted octanol–water partition coefficient (Wildman–Crippen LogP) is 6.05. The Morgan fingerprint density at radius 3 is 1.81 bits per heavy atom. The normalized spacial score (nSPS) is 13.2. The molecule has 160 valence electrons. The first-order chi connectivity index (χ1) is 12.9. The minimum atomic E-state index is -4.24. The summed E-state index contributed by atoms with van der Waals surface area (Å²) < 4.78 is 11.2. The van der Waals surface area contributed by atoms with E-state index in [1.54, 1.807) is 6.92 Å². The predicted molar refractivity (Wildman–Crippen MR) is 114 cm³/mol. The van der Waals surface area contributed by atoms with E-state index in [0.717, 1.165) is 25.7 Å². The number of hydrogen-bond donors (Lipinski definition) is 3. The molecular weight excluding hydrogens is 361 g/mol. The van der Waals surface area contributed by atoms with Gasteiger partial charge in [-0.05, 0) is 38.5 Å². The van der Waals surface area contributed by atoms with Crippen LogP contribution in [-0.4, -0.2) is 21.5 Å². The molecular formula is C21H42NO4P. The third kappa shape index (κ3) is 17.2. The highest BCUT2D eigenvalue weighted by molar-refractivity contribution is 7.52. The fourth-order valence-corrected chi connectivity index (χ4v) is 3.83. The minimum absolute atomic E-state index is 0.238. The molecule has 0 heterocycles. The molecule has 0 bridgehead atoms. The molecule has 1 unspecified atom stereocenters. The Labute approximate surface area is 166 Å². The summed E-state index contributed by atoms with van der Waals surface area (Å²) in [6.45, 7) is 3.91. The standard InChI is InChI=1S/C21H42NO4P/c1-3-5-6-7-8-9-10-11-12-13-14-15-16-17-18-19-20(23)22-21(4-2)27(24,25)26/h11-12,21H,3-10,13-19H2,1-2H3,(H,22,23)(H2,24,25,26)/b12-11-. The molecule has 1 amide bonds. The van der Waals surface area contributed by atoms with E-state index in [-0.39, 0.29) is 12.3 Å². The first-order valence-corrected chi connectivity index (χ1v) is 12.6. The van der Waals surface area contributed by atoms with Crippen molar-refractivity contribution in [2.75, 3.05) is 0 Å². The van der Waals surface area contributed by atoms with Crippen LogP contribution < -0.4 is 5.32 Å². The van der Waals surface area contributed by atoms with Crippen molar-refractivity contribution in [2.24, 2.45) is 0 Å².